The van der Waals surface area contributed by atoms with E-state index in [0.29, 0.717) is 144 Å². The molecule has 0 bridgehead atoms. The first-order valence-corrected chi connectivity index (χ1v) is 23.4. The lowest BCUT2D eigenvalue weighted by Crippen LogP contribution is -2.16. The Hall–Kier alpha value is -2.24. The zero-order valence-electron chi connectivity index (χ0n) is 38.0. The van der Waals surface area contributed by atoms with E-state index < -0.39 is 0 Å². The lowest BCUT2D eigenvalue weighted by atomic mass is 10.0. The van der Waals surface area contributed by atoms with Gasteiger partial charge in [0.1, 0.15) is 13.2 Å². The second kappa shape index (κ2) is 48.8. The van der Waals surface area contributed by atoms with Crippen LogP contribution in [0, 0.1) is 0 Å². The number of carbonyl (C=O) groups excluding carboxylic acids is 2. The number of ether oxygens (including phenoxy) is 12. The normalized spacial score (nSPS) is 11.4. The molecule has 0 spiro atoms. The molecule has 0 aliphatic rings. The first-order chi connectivity index (χ1) is 30.2. The molecule has 61 heavy (non-hydrogen) atoms. The molecule has 1 rings (SSSR count). The van der Waals surface area contributed by atoms with E-state index in [9.17, 15) is 9.59 Å². The number of hydrogen-bond donors (Lipinski definition) is 0. The SMILES string of the molecule is CCCCCCCCCCCCCCCCCC(=O)OCCOCCOCCOCCOCCOCCOCCOCCOCCOCCOCCOC(=O)c1ccccc1. The highest BCUT2D eigenvalue weighted by Gasteiger charge is 2.06. The second-order valence-electron chi connectivity index (χ2n) is 14.5. The van der Waals surface area contributed by atoms with Gasteiger partial charge in [0, 0.05) is 6.42 Å². The summed E-state index contributed by atoms with van der Waals surface area (Å²) in [7, 11) is 0. The third kappa shape index (κ3) is 44.2. The molecule has 0 heterocycles. The fraction of sp³-hybridized carbons (Fsp3) is 0.830. The van der Waals surface area contributed by atoms with Gasteiger partial charge in [-0.3, -0.25) is 4.79 Å². The number of carbonyl (C=O) groups is 2. The van der Waals surface area contributed by atoms with E-state index in [-0.39, 0.29) is 25.2 Å². The summed E-state index contributed by atoms with van der Waals surface area (Å²) in [6.45, 7) is 12.0. The Bertz CT molecular complexity index is 1030. The van der Waals surface area contributed by atoms with E-state index in [0.717, 1.165) is 12.8 Å². The van der Waals surface area contributed by atoms with Crippen LogP contribution in [0.25, 0.3) is 0 Å². The van der Waals surface area contributed by atoms with Crippen molar-refractivity contribution in [3.05, 3.63) is 35.9 Å². The maximum absolute atomic E-state index is 11.9. The Kier molecular flexibility index (Phi) is 45.4. The summed E-state index contributed by atoms with van der Waals surface area (Å²) in [5.41, 5.74) is 0.524. The quantitative estimate of drug-likeness (QED) is 0.0464. The van der Waals surface area contributed by atoms with Gasteiger partial charge >= 0.3 is 11.9 Å². The minimum atomic E-state index is -0.358. The largest absolute Gasteiger partial charge is 0.463 e. The van der Waals surface area contributed by atoms with Crippen molar-refractivity contribution in [3.8, 4) is 0 Å². The van der Waals surface area contributed by atoms with Crippen LogP contribution in [0.15, 0.2) is 30.3 Å². The Morgan fingerprint density at radius 1 is 0.328 bits per heavy atom. The third-order valence-electron chi connectivity index (χ3n) is 9.29. The molecule has 0 aromatic heterocycles. The Labute approximate surface area is 368 Å². The van der Waals surface area contributed by atoms with Crippen molar-refractivity contribution in [1.82, 2.24) is 0 Å². The Morgan fingerprint density at radius 2 is 0.590 bits per heavy atom. The molecule has 0 saturated heterocycles. The Morgan fingerprint density at radius 3 is 0.902 bits per heavy atom. The minimum Gasteiger partial charge on any atom is -0.463 e. The molecule has 0 atom stereocenters. The average molecular weight is 873 g/mol. The van der Waals surface area contributed by atoms with Crippen molar-refractivity contribution in [2.45, 2.75) is 110 Å². The van der Waals surface area contributed by atoms with Gasteiger partial charge in [-0.1, -0.05) is 115 Å². The second-order valence-corrected chi connectivity index (χ2v) is 14.5. The molecule has 1 aromatic carbocycles. The van der Waals surface area contributed by atoms with E-state index in [1.54, 1.807) is 24.3 Å². The average Bonchev–Trinajstić information content (AvgIpc) is 3.28. The van der Waals surface area contributed by atoms with E-state index in [2.05, 4.69) is 6.92 Å². The van der Waals surface area contributed by atoms with Gasteiger partial charge in [-0.2, -0.15) is 0 Å². The summed E-state index contributed by atoms with van der Waals surface area (Å²) in [6, 6.07) is 8.85. The summed E-state index contributed by atoms with van der Waals surface area (Å²) in [5, 5.41) is 0. The van der Waals surface area contributed by atoms with Crippen molar-refractivity contribution < 1.29 is 66.4 Å². The van der Waals surface area contributed by atoms with Crippen molar-refractivity contribution in [2.75, 3.05) is 145 Å². The zero-order chi connectivity index (χ0) is 43.6. The zero-order valence-corrected chi connectivity index (χ0v) is 38.0. The van der Waals surface area contributed by atoms with Crippen LogP contribution in [-0.4, -0.2) is 157 Å². The van der Waals surface area contributed by atoms with Crippen molar-refractivity contribution in [1.29, 1.82) is 0 Å². The van der Waals surface area contributed by atoms with Gasteiger partial charge < -0.3 is 56.8 Å². The van der Waals surface area contributed by atoms with Crippen LogP contribution in [-0.2, 0) is 61.6 Å². The van der Waals surface area contributed by atoms with Crippen molar-refractivity contribution in [3.63, 3.8) is 0 Å². The third-order valence-corrected chi connectivity index (χ3v) is 9.29. The molecule has 0 aliphatic heterocycles. The highest BCUT2D eigenvalue weighted by Crippen LogP contribution is 2.14. The number of hydrogen-bond acceptors (Lipinski definition) is 14. The van der Waals surface area contributed by atoms with Gasteiger partial charge in [-0.15, -0.1) is 0 Å². The Balaban J connectivity index is 1.64. The molecule has 0 aliphatic carbocycles. The summed E-state index contributed by atoms with van der Waals surface area (Å²) in [6.07, 6.45) is 20.2. The summed E-state index contributed by atoms with van der Waals surface area (Å²) < 4.78 is 65.2. The monoisotopic (exact) mass is 873 g/mol. The molecule has 0 N–H and O–H groups in total. The van der Waals surface area contributed by atoms with Gasteiger partial charge in [0.2, 0.25) is 0 Å². The standard InChI is InChI=1S/C47H84O14/c1-2-3-4-5-6-7-8-9-10-11-12-13-14-15-19-22-46(48)60-43-41-58-39-37-56-35-33-54-31-29-52-27-25-50-23-24-51-26-28-53-30-32-55-34-36-57-38-40-59-42-44-61-47(49)45-20-17-16-18-21-45/h16-18,20-21H,2-15,19,22-44H2,1H3. The summed E-state index contributed by atoms with van der Waals surface area (Å²) in [5.74, 6) is -0.493. The highest BCUT2D eigenvalue weighted by molar-refractivity contribution is 5.89. The van der Waals surface area contributed by atoms with E-state index >= 15 is 0 Å². The molecule has 14 nitrogen and oxygen atoms in total. The molecule has 1 aromatic rings. The molecule has 356 valence electrons. The first kappa shape index (κ1) is 56.8. The topological polar surface area (TPSA) is 145 Å². The predicted molar refractivity (Wildman–Crippen MR) is 235 cm³/mol. The predicted octanol–water partition coefficient (Wildman–Crippen LogP) is 7.81. The number of benzene rings is 1. The molecular formula is C47H84O14. The van der Waals surface area contributed by atoms with Crippen molar-refractivity contribution >= 4 is 11.9 Å². The summed E-state index contributed by atoms with van der Waals surface area (Å²) >= 11 is 0. The van der Waals surface area contributed by atoms with Crippen LogP contribution in [0.5, 0.6) is 0 Å². The van der Waals surface area contributed by atoms with Crippen LogP contribution in [0.1, 0.15) is 120 Å². The number of unbranched alkanes of at least 4 members (excludes halogenated alkanes) is 14. The van der Waals surface area contributed by atoms with Crippen LogP contribution in [0.3, 0.4) is 0 Å². The molecule has 0 fully saturated rings. The molecule has 0 amide bonds. The smallest absolute Gasteiger partial charge is 0.338 e. The first-order valence-electron chi connectivity index (χ1n) is 23.4. The van der Waals surface area contributed by atoms with Crippen molar-refractivity contribution in [2.24, 2.45) is 0 Å². The maximum Gasteiger partial charge on any atom is 0.338 e. The van der Waals surface area contributed by atoms with E-state index in [1.165, 1.54) is 83.5 Å². The molecule has 0 unspecified atom stereocenters. The minimum absolute atomic E-state index is 0.135. The fourth-order valence-corrected chi connectivity index (χ4v) is 5.86. The van der Waals surface area contributed by atoms with Crippen LogP contribution < -0.4 is 0 Å². The van der Waals surface area contributed by atoms with Gasteiger partial charge in [-0.25, -0.2) is 4.79 Å². The lowest BCUT2D eigenvalue weighted by Gasteiger charge is -2.09. The molecular weight excluding hydrogens is 789 g/mol. The highest BCUT2D eigenvalue weighted by atomic mass is 16.6. The number of esters is 2. The number of rotatable bonds is 50. The molecule has 0 saturated carbocycles. The lowest BCUT2D eigenvalue weighted by molar-refractivity contribution is -0.145. The van der Waals surface area contributed by atoms with Gasteiger partial charge in [0.25, 0.3) is 0 Å². The molecule has 14 heteroatoms. The maximum atomic E-state index is 11.9. The van der Waals surface area contributed by atoms with Gasteiger partial charge in [0.15, 0.2) is 0 Å². The van der Waals surface area contributed by atoms with Gasteiger partial charge in [0.05, 0.1) is 138 Å². The molecule has 0 radical (unpaired) electrons. The van der Waals surface area contributed by atoms with Crippen LogP contribution in [0.4, 0.5) is 0 Å². The van der Waals surface area contributed by atoms with E-state index in [1.807, 2.05) is 6.07 Å². The fourth-order valence-electron chi connectivity index (χ4n) is 5.86. The summed E-state index contributed by atoms with van der Waals surface area (Å²) in [4.78, 5) is 23.7. The van der Waals surface area contributed by atoms with Crippen LogP contribution >= 0.6 is 0 Å². The van der Waals surface area contributed by atoms with Gasteiger partial charge in [-0.05, 0) is 18.6 Å². The van der Waals surface area contributed by atoms with Crippen LogP contribution in [0.2, 0.25) is 0 Å². The van der Waals surface area contributed by atoms with E-state index in [4.69, 9.17) is 56.8 Å².